The van der Waals surface area contributed by atoms with E-state index in [0.29, 0.717) is 6.07 Å². The van der Waals surface area contributed by atoms with Crippen molar-refractivity contribution in [3.8, 4) is 11.1 Å². The number of carbonyl (C=O) groups is 1. The van der Waals surface area contributed by atoms with Crippen LogP contribution < -0.4 is 5.14 Å². The second kappa shape index (κ2) is 8.42. The Morgan fingerprint density at radius 1 is 1.07 bits per heavy atom. The van der Waals surface area contributed by atoms with Crippen LogP contribution in [0.15, 0.2) is 47.5 Å². The summed E-state index contributed by atoms with van der Waals surface area (Å²) >= 11 is 8.81. The fraction of sp³-hybridized carbons (Fsp3) is 0.0556. The molecule has 6 nitrogen and oxygen atoms in total. The van der Waals surface area contributed by atoms with Crippen molar-refractivity contribution >= 4 is 43.3 Å². The highest BCUT2D eigenvalue weighted by atomic mass is 79.9. The van der Waals surface area contributed by atoms with Gasteiger partial charge < -0.3 is 0 Å². The summed E-state index contributed by atoms with van der Waals surface area (Å²) in [5.74, 6) is -4.90. The molecule has 0 aliphatic rings. The fourth-order valence-electron chi connectivity index (χ4n) is 2.69. The van der Waals surface area contributed by atoms with Gasteiger partial charge in [0.15, 0.2) is 16.5 Å². The van der Waals surface area contributed by atoms with Crippen molar-refractivity contribution in [1.29, 1.82) is 0 Å². The molecule has 0 aliphatic carbocycles. The summed E-state index contributed by atoms with van der Waals surface area (Å²) in [6.45, 7) is 0. The molecule has 1 atom stereocenters. The number of alkyl halides is 1. The van der Waals surface area contributed by atoms with E-state index in [1.54, 1.807) is 0 Å². The van der Waals surface area contributed by atoms with Gasteiger partial charge in [-0.3, -0.25) is 4.79 Å². The summed E-state index contributed by atoms with van der Waals surface area (Å²) < 4.78 is 66.7. The van der Waals surface area contributed by atoms with Crippen molar-refractivity contribution in [1.82, 2.24) is 9.97 Å². The average molecular weight is 521 g/mol. The van der Waals surface area contributed by atoms with E-state index in [1.165, 1.54) is 18.3 Å². The van der Waals surface area contributed by atoms with Crippen molar-refractivity contribution in [2.24, 2.45) is 5.14 Å². The highest BCUT2D eigenvalue weighted by Crippen LogP contribution is 2.34. The van der Waals surface area contributed by atoms with Crippen LogP contribution in [0, 0.1) is 17.5 Å². The first-order valence-corrected chi connectivity index (χ1v) is 10.8. The molecule has 0 bridgehead atoms. The number of ketones is 1. The van der Waals surface area contributed by atoms with Crippen LogP contribution in [-0.4, -0.2) is 24.2 Å². The number of benzene rings is 2. The minimum absolute atomic E-state index is 0.122. The Hall–Kier alpha value is -2.34. The normalized spacial score (nSPS) is 12.6. The fourth-order valence-corrected chi connectivity index (χ4v) is 4.05. The zero-order valence-corrected chi connectivity index (χ0v) is 17.8. The highest BCUT2D eigenvalue weighted by Gasteiger charge is 2.28. The van der Waals surface area contributed by atoms with Gasteiger partial charge in [0.05, 0.1) is 11.3 Å². The zero-order chi connectivity index (χ0) is 22.2. The lowest BCUT2D eigenvalue weighted by atomic mass is 9.98. The van der Waals surface area contributed by atoms with Gasteiger partial charge in [-0.2, -0.15) is 0 Å². The second-order valence-corrected chi connectivity index (χ2v) is 8.68. The van der Waals surface area contributed by atoms with Crippen LogP contribution in [-0.2, 0) is 10.0 Å². The van der Waals surface area contributed by atoms with Crippen molar-refractivity contribution < 1.29 is 26.4 Å². The average Bonchev–Trinajstić information content (AvgIpc) is 2.66. The molecule has 1 unspecified atom stereocenters. The van der Waals surface area contributed by atoms with Crippen LogP contribution >= 0.6 is 27.5 Å². The topological polar surface area (TPSA) is 103 Å². The Kier molecular flexibility index (Phi) is 6.27. The smallest absolute Gasteiger partial charge is 0.243 e. The third-order valence-electron chi connectivity index (χ3n) is 4.03. The molecule has 2 N–H and O–H groups in total. The van der Waals surface area contributed by atoms with Crippen LogP contribution in [0.1, 0.15) is 20.9 Å². The summed E-state index contributed by atoms with van der Waals surface area (Å²) in [5.41, 5.74) is -1.31. The quantitative estimate of drug-likeness (QED) is 0.309. The maximum atomic E-state index is 15.1. The maximum absolute atomic E-state index is 15.1. The second-order valence-electron chi connectivity index (χ2n) is 5.93. The van der Waals surface area contributed by atoms with E-state index in [1.807, 2.05) is 0 Å². The van der Waals surface area contributed by atoms with E-state index in [9.17, 15) is 22.0 Å². The van der Waals surface area contributed by atoms with Crippen molar-refractivity contribution in [3.63, 3.8) is 0 Å². The molecule has 2 aromatic carbocycles. The Morgan fingerprint density at radius 2 is 1.73 bits per heavy atom. The van der Waals surface area contributed by atoms with Gasteiger partial charge in [-0.05, 0) is 35.9 Å². The van der Waals surface area contributed by atoms with Gasteiger partial charge in [-0.1, -0.05) is 28.1 Å². The Balaban J connectivity index is 2.12. The maximum Gasteiger partial charge on any atom is 0.243 e. The Bertz CT molecular complexity index is 1270. The number of nitrogens with two attached hydrogens (primary N) is 1. The lowest BCUT2D eigenvalue weighted by Gasteiger charge is -2.13. The van der Waals surface area contributed by atoms with Gasteiger partial charge in [0.2, 0.25) is 15.3 Å². The number of hydrogen-bond donors (Lipinski definition) is 1. The van der Waals surface area contributed by atoms with Gasteiger partial charge in [-0.25, -0.2) is 36.7 Å². The third kappa shape index (κ3) is 4.24. The number of aromatic nitrogens is 2. The van der Waals surface area contributed by atoms with Gasteiger partial charge in [0.1, 0.15) is 16.5 Å². The predicted octanol–water partition coefficient (Wildman–Crippen LogP) is 4.18. The molecular formula is C18H10BrClF3N3O3S. The van der Waals surface area contributed by atoms with Crippen LogP contribution in [0.3, 0.4) is 0 Å². The van der Waals surface area contributed by atoms with E-state index >= 15 is 4.39 Å². The molecule has 0 fully saturated rings. The van der Waals surface area contributed by atoms with Crippen LogP contribution in [0.5, 0.6) is 0 Å². The van der Waals surface area contributed by atoms with Gasteiger partial charge in [0, 0.05) is 17.3 Å². The standard InChI is InChI=1S/C18H10BrClF3N3O3S/c19-13(12-6-7-25-18(20)26-12)16(27)10-3-1-2-8(14(10)22)9-4-5-11(21)17(15(9)23)30(24,28)29/h1-7,13H,(H2,24,28,29). The molecular weight excluding hydrogens is 511 g/mol. The van der Waals surface area contributed by atoms with E-state index in [2.05, 4.69) is 25.9 Å². The monoisotopic (exact) mass is 519 g/mol. The molecule has 0 amide bonds. The van der Waals surface area contributed by atoms with E-state index in [4.69, 9.17) is 16.7 Å². The molecule has 0 radical (unpaired) electrons. The number of sulfonamides is 1. The number of halogens is 5. The van der Waals surface area contributed by atoms with Crippen LogP contribution in [0.25, 0.3) is 11.1 Å². The predicted molar refractivity (Wildman–Crippen MR) is 106 cm³/mol. The molecule has 1 aromatic heterocycles. The number of hydrogen-bond acceptors (Lipinski definition) is 5. The summed E-state index contributed by atoms with van der Waals surface area (Å²) in [4.78, 5) is 17.8. The number of carbonyl (C=O) groups excluding carboxylic acids is 1. The molecule has 0 saturated heterocycles. The minimum Gasteiger partial charge on any atom is -0.292 e. The highest BCUT2D eigenvalue weighted by molar-refractivity contribution is 9.09. The van der Waals surface area contributed by atoms with Crippen molar-refractivity contribution in [2.75, 3.05) is 0 Å². The summed E-state index contributed by atoms with van der Waals surface area (Å²) in [7, 11) is -4.76. The minimum atomic E-state index is -4.76. The van der Waals surface area contributed by atoms with Crippen molar-refractivity contribution in [2.45, 2.75) is 9.72 Å². The molecule has 156 valence electrons. The summed E-state index contributed by atoms with van der Waals surface area (Å²) in [6.07, 6.45) is 1.31. The lowest BCUT2D eigenvalue weighted by Crippen LogP contribution is -2.17. The number of rotatable bonds is 5. The Morgan fingerprint density at radius 3 is 2.37 bits per heavy atom. The SMILES string of the molecule is NS(=O)(=O)c1c(F)ccc(-c2cccc(C(=O)C(Br)c3ccnc(Cl)n3)c2F)c1F. The molecule has 3 rings (SSSR count). The van der Waals surface area contributed by atoms with Gasteiger partial charge >= 0.3 is 0 Å². The van der Waals surface area contributed by atoms with Gasteiger partial charge in [-0.15, -0.1) is 0 Å². The first kappa shape index (κ1) is 22.3. The first-order chi connectivity index (χ1) is 14.0. The molecule has 3 aromatic rings. The number of Topliss-reactive ketones (excluding diaryl/α,β-unsaturated/α-hetero) is 1. The number of nitrogens with zero attached hydrogens (tertiary/aromatic N) is 2. The molecule has 0 saturated carbocycles. The molecule has 1 heterocycles. The van der Waals surface area contributed by atoms with Crippen LogP contribution in [0.4, 0.5) is 13.2 Å². The van der Waals surface area contributed by atoms with Gasteiger partial charge in [0.25, 0.3) is 0 Å². The number of primary sulfonamides is 1. The van der Waals surface area contributed by atoms with E-state index in [0.717, 1.165) is 18.2 Å². The summed E-state index contributed by atoms with van der Waals surface area (Å²) in [6, 6.07) is 6.41. The molecule has 0 aliphatic heterocycles. The molecule has 0 spiro atoms. The van der Waals surface area contributed by atoms with Crippen molar-refractivity contribution in [3.05, 3.63) is 76.6 Å². The molecule has 30 heavy (non-hydrogen) atoms. The molecule has 12 heteroatoms. The summed E-state index contributed by atoms with van der Waals surface area (Å²) in [5, 5.41) is 4.73. The van der Waals surface area contributed by atoms with Crippen LogP contribution in [0.2, 0.25) is 5.28 Å². The first-order valence-electron chi connectivity index (χ1n) is 7.98. The zero-order valence-electron chi connectivity index (χ0n) is 14.6. The van der Waals surface area contributed by atoms with E-state index in [-0.39, 0.29) is 11.0 Å². The third-order valence-corrected chi connectivity index (χ3v) is 6.04. The Labute approximate surface area is 182 Å². The largest absolute Gasteiger partial charge is 0.292 e. The lowest BCUT2D eigenvalue weighted by molar-refractivity contribution is 0.0986. The van der Waals surface area contributed by atoms with E-state index < -0.39 is 59.7 Å².